The van der Waals surface area contributed by atoms with Gasteiger partial charge in [0.2, 0.25) is 0 Å². The van der Waals surface area contributed by atoms with Crippen LogP contribution in [-0.2, 0) is 0 Å². The molecule has 0 aliphatic heterocycles. The maximum absolute atomic E-state index is 6.20. The van der Waals surface area contributed by atoms with Gasteiger partial charge in [0.05, 0.1) is 0 Å². The smallest absolute Gasteiger partial charge is 0.135 e. The lowest BCUT2D eigenvalue weighted by Crippen LogP contribution is -2.09. The first kappa shape index (κ1) is 28.4. The summed E-state index contributed by atoms with van der Waals surface area (Å²) in [6.45, 7) is 0. The molecule has 9 aromatic carbocycles. The molecule has 50 heavy (non-hydrogen) atoms. The van der Waals surface area contributed by atoms with E-state index < -0.39 is 0 Å². The summed E-state index contributed by atoms with van der Waals surface area (Å²) in [6.07, 6.45) is 0. The fraction of sp³-hybridized carbons (Fsp3) is 0. The molecule has 1 heterocycles. The molecule has 0 radical (unpaired) electrons. The van der Waals surface area contributed by atoms with Gasteiger partial charge in [-0.3, -0.25) is 0 Å². The highest BCUT2D eigenvalue weighted by Crippen LogP contribution is 2.42. The van der Waals surface area contributed by atoms with Crippen LogP contribution in [0.4, 0.5) is 17.1 Å². The Labute approximate surface area is 290 Å². The van der Waals surface area contributed by atoms with Gasteiger partial charge in [-0.25, -0.2) is 0 Å². The minimum absolute atomic E-state index is 0.889. The number of fused-ring (bicyclic) bond motifs is 8. The number of hydrogen-bond donors (Lipinski definition) is 0. The Morgan fingerprint density at radius 3 is 1.66 bits per heavy atom. The Bertz CT molecular complexity index is 2850. The van der Waals surface area contributed by atoms with Gasteiger partial charge < -0.3 is 9.32 Å². The van der Waals surface area contributed by atoms with Crippen molar-refractivity contribution in [2.45, 2.75) is 0 Å². The van der Waals surface area contributed by atoms with Crippen molar-refractivity contribution in [3.8, 4) is 22.3 Å². The Morgan fingerprint density at radius 2 is 0.880 bits per heavy atom. The van der Waals surface area contributed by atoms with Crippen LogP contribution in [0.3, 0.4) is 0 Å². The van der Waals surface area contributed by atoms with E-state index in [4.69, 9.17) is 4.42 Å². The molecule has 0 fully saturated rings. The Balaban J connectivity index is 1.12. The molecule has 0 aliphatic rings. The third kappa shape index (κ3) is 4.65. The molecule has 0 saturated carbocycles. The largest absolute Gasteiger partial charge is 0.456 e. The zero-order chi connectivity index (χ0) is 33.0. The Kier molecular flexibility index (Phi) is 6.53. The topological polar surface area (TPSA) is 16.4 Å². The minimum Gasteiger partial charge on any atom is -0.456 e. The van der Waals surface area contributed by atoms with Crippen LogP contribution >= 0.6 is 0 Å². The van der Waals surface area contributed by atoms with E-state index in [1.165, 1.54) is 54.6 Å². The van der Waals surface area contributed by atoms with E-state index in [1.807, 2.05) is 12.1 Å². The second kappa shape index (κ2) is 11.5. The van der Waals surface area contributed by atoms with Gasteiger partial charge >= 0.3 is 0 Å². The third-order valence-corrected chi connectivity index (χ3v) is 10.0. The second-order valence-electron chi connectivity index (χ2n) is 12.9. The molecule has 2 nitrogen and oxygen atoms in total. The number of hydrogen-bond acceptors (Lipinski definition) is 2. The monoisotopic (exact) mass is 637 g/mol. The maximum atomic E-state index is 6.20. The van der Waals surface area contributed by atoms with Crippen LogP contribution in [-0.4, -0.2) is 0 Å². The highest BCUT2D eigenvalue weighted by molar-refractivity contribution is 6.23. The Morgan fingerprint density at radius 1 is 0.320 bits per heavy atom. The summed E-state index contributed by atoms with van der Waals surface area (Å²) in [5.41, 5.74) is 9.87. The molecule has 0 saturated heterocycles. The fourth-order valence-electron chi connectivity index (χ4n) is 7.64. The van der Waals surface area contributed by atoms with Crippen molar-refractivity contribution in [3.05, 3.63) is 188 Å². The lowest BCUT2D eigenvalue weighted by Gasteiger charge is -2.26. The molecular weight excluding hydrogens is 607 g/mol. The lowest BCUT2D eigenvalue weighted by molar-refractivity contribution is 0.669. The molecule has 0 aliphatic carbocycles. The van der Waals surface area contributed by atoms with E-state index in [-0.39, 0.29) is 0 Å². The van der Waals surface area contributed by atoms with Crippen LogP contribution < -0.4 is 4.90 Å². The van der Waals surface area contributed by atoms with E-state index >= 15 is 0 Å². The van der Waals surface area contributed by atoms with Crippen molar-refractivity contribution in [1.82, 2.24) is 0 Å². The van der Waals surface area contributed by atoms with E-state index in [0.717, 1.165) is 39.0 Å². The van der Waals surface area contributed by atoms with Gasteiger partial charge in [0, 0.05) is 27.8 Å². The zero-order valence-electron chi connectivity index (χ0n) is 27.3. The summed E-state index contributed by atoms with van der Waals surface area (Å²) >= 11 is 0. The summed E-state index contributed by atoms with van der Waals surface area (Å²) in [5, 5.41) is 9.89. The molecule has 0 amide bonds. The summed E-state index contributed by atoms with van der Waals surface area (Å²) in [4.78, 5) is 2.34. The summed E-state index contributed by atoms with van der Waals surface area (Å²) in [6, 6.07) is 67.5. The summed E-state index contributed by atoms with van der Waals surface area (Å²) < 4.78 is 6.20. The van der Waals surface area contributed by atoms with Gasteiger partial charge in [0.1, 0.15) is 11.2 Å². The predicted molar refractivity (Wildman–Crippen MR) is 212 cm³/mol. The van der Waals surface area contributed by atoms with E-state index in [1.54, 1.807) is 0 Å². The van der Waals surface area contributed by atoms with E-state index in [2.05, 4.69) is 181 Å². The van der Waals surface area contributed by atoms with Crippen molar-refractivity contribution < 1.29 is 4.42 Å². The highest BCUT2D eigenvalue weighted by Gasteiger charge is 2.17. The number of rotatable bonds is 5. The minimum atomic E-state index is 0.889. The van der Waals surface area contributed by atoms with Crippen LogP contribution in [0.5, 0.6) is 0 Å². The van der Waals surface area contributed by atoms with Crippen molar-refractivity contribution in [2.24, 2.45) is 0 Å². The predicted octanol–water partition coefficient (Wildman–Crippen LogP) is 13.8. The van der Waals surface area contributed by atoms with E-state index in [0.29, 0.717) is 0 Å². The summed E-state index contributed by atoms with van der Waals surface area (Å²) in [5.74, 6) is 0. The average molecular weight is 638 g/mol. The normalized spacial score (nSPS) is 11.6. The van der Waals surface area contributed by atoms with Crippen molar-refractivity contribution in [1.29, 1.82) is 0 Å². The number of benzene rings is 9. The molecule has 0 atom stereocenters. The molecule has 0 bridgehead atoms. The quantitative estimate of drug-likeness (QED) is 0.175. The summed E-state index contributed by atoms with van der Waals surface area (Å²) in [7, 11) is 0. The van der Waals surface area contributed by atoms with Crippen molar-refractivity contribution in [2.75, 3.05) is 4.90 Å². The number of nitrogens with zero attached hydrogens (tertiary/aromatic N) is 1. The number of furan rings is 1. The molecular formula is C48H31NO. The molecule has 0 unspecified atom stereocenters. The molecule has 0 N–H and O–H groups in total. The van der Waals surface area contributed by atoms with Crippen LogP contribution in [0.15, 0.2) is 192 Å². The van der Waals surface area contributed by atoms with Gasteiger partial charge in [-0.15, -0.1) is 0 Å². The average Bonchev–Trinajstić information content (AvgIpc) is 3.56. The SMILES string of the molecule is c1ccc(-c2ccc(N(c3ccc(-c4cc5ccc6ccccc6c5c5ccccc45)cc3)c3ccc4oc5ccccc5c4c3)cc2)cc1. The van der Waals surface area contributed by atoms with Crippen LogP contribution in [0, 0.1) is 0 Å². The maximum Gasteiger partial charge on any atom is 0.135 e. The standard InChI is InChI=1S/C48H31NO/c1-2-10-32(11-3-1)33-20-24-37(25-21-33)49(39-28-29-47-45(31-39)42-15-8-9-17-46(42)50-47)38-26-22-35(23-27-38)44-30-36-19-18-34-12-4-5-13-40(34)48(36)43-16-7-6-14-41(43)44/h1-31H. The lowest BCUT2D eigenvalue weighted by atomic mass is 9.90. The highest BCUT2D eigenvalue weighted by atomic mass is 16.3. The van der Waals surface area contributed by atoms with Crippen molar-refractivity contribution in [3.63, 3.8) is 0 Å². The van der Waals surface area contributed by atoms with Gasteiger partial charge in [0.25, 0.3) is 0 Å². The first-order valence-electron chi connectivity index (χ1n) is 17.1. The number of para-hydroxylation sites is 1. The molecule has 0 spiro atoms. The molecule has 234 valence electrons. The molecule has 2 heteroatoms. The van der Waals surface area contributed by atoms with Gasteiger partial charge in [0.15, 0.2) is 0 Å². The first-order valence-corrected chi connectivity index (χ1v) is 17.1. The zero-order valence-corrected chi connectivity index (χ0v) is 27.3. The van der Waals surface area contributed by atoms with Crippen LogP contribution in [0.25, 0.3) is 76.5 Å². The molecule has 1 aromatic heterocycles. The second-order valence-corrected chi connectivity index (χ2v) is 12.9. The van der Waals surface area contributed by atoms with E-state index in [9.17, 15) is 0 Å². The van der Waals surface area contributed by atoms with Gasteiger partial charge in [-0.2, -0.15) is 0 Å². The molecule has 10 rings (SSSR count). The van der Waals surface area contributed by atoms with Crippen molar-refractivity contribution >= 4 is 71.3 Å². The third-order valence-electron chi connectivity index (χ3n) is 10.0. The number of anilines is 3. The van der Waals surface area contributed by atoms with Gasteiger partial charge in [-0.05, 0) is 109 Å². The fourth-order valence-corrected chi connectivity index (χ4v) is 7.64. The Hall–Kier alpha value is -6.64. The molecule has 10 aromatic rings. The van der Waals surface area contributed by atoms with Crippen LogP contribution in [0.1, 0.15) is 0 Å². The first-order chi connectivity index (χ1) is 24.8. The van der Waals surface area contributed by atoms with Gasteiger partial charge in [-0.1, -0.05) is 133 Å². The van der Waals surface area contributed by atoms with Crippen LogP contribution in [0.2, 0.25) is 0 Å².